The molecule has 1 amide bonds. The van der Waals surface area contributed by atoms with Crippen LogP contribution in [0, 0.1) is 0 Å². The molecule has 3 heterocycles. The molecular weight excluding hydrogens is 324 g/mol. The molecule has 1 fully saturated rings. The Balaban J connectivity index is 1.94. The lowest BCUT2D eigenvalue weighted by Crippen LogP contribution is -2.55. The summed E-state index contributed by atoms with van der Waals surface area (Å²) in [4.78, 5) is 40.4. The SMILES string of the molecule is COC(=O)N1CCN(c2nc(-c3ccncn3)cc(=O)n2C)[C@H](C)C1. The highest BCUT2D eigenvalue weighted by Crippen LogP contribution is 2.20. The van der Waals surface area contributed by atoms with E-state index in [1.54, 1.807) is 24.2 Å². The van der Waals surface area contributed by atoms with Crippen LogP contribution in [0.3, 0.4) is 0 Å². The number of carbonyl (C=O) groups excluding carboxylic acids is 1. The zero-order valence-corrected chi connectivity index (χ0v) is 14.4. The number of nitrogens with zero attached hydrogens (tertiary/aromatic N) is 6. The van der Waals surface area contributed by atoms with Crippen LogP contribution in [-0.4, -0.2) is 63.3 Å². The Morgan fingerprint density at radius 1 is 1.32 bits per heavy atom. The van der Waals surface area contributed by atoms with E-state index in [0.717, 1.165) is 0 Å². The molecule has 9 nitrogen and oxygen atoms in total. The van der Waals surface area contributed by atoms with E-state index in [0.29, 0.717) is 37.0 Å². The van der Waals surface area contributed by atoms with Crippen LogP contribution in [0.25, 0.3) is 11.4 Å². The lowest BCUT2D eigenvalue weighted by molar-refractivity contribution is 0.115. The van der Waals surface area contributed by atoms with Crippen molar-refractivity contribution >= 4 is 12.0 Å². The van der Waals surface area contributed by atoms with E-state index >= 15 is 0 Å². The van der Waals surface area contributed by atoms with E-state index in [1.807, 2.05) is 11.8 Å². The number of amides is 1. The first-order valence-electron chi connectivity index (χ1n) is 7.95. The van der Waals surface area contributed by atoms with Gasteiger partial charge in [-0.05, 0) is 13.0 Å². The fourth-order valence-electron chi connectivity index (χ4n) is 2.91. The molecule has 0 spiro atoms. The smallest absolute Gasteiger partial charge is 0.409 e. The van der Waals surface area contributed by atoms with Crippen molar-refractivity contribution in [3.8, 4) is 11.4 Å². The molecule has 25 heavy (non-hydrogen) atoms. The number of aromatic nitrogens is 4. The fourth-order valence-corrected chi connectivity index (χ4v) is 2.91. The second-order valence-corrected chi connectivity index (χ2v) is 5.89. The minimum Gasteiger partial charge on any atom is -0.453 e. The molecule has 0 saturated carbocycles. The number of hydrogen-bond acceptors (Lipinski definition) is 7. The third-order valence-corrected chi connectivity index (χ3v) is 4.27. The van der Waals surface area contributed by atoms with E-state index < -0.39 is 0 Å². The van der Waals surface area contributed by atoms with Gasteiger partial charge in [0, 0.05) is 45.0 Å². The van der Waals surface area contributed by atoms with Crippen LogP contribution in [0.15, 0.2) is 29.5 Å². The molecule has 1 aliphatic heterocycles. The van der Waals surface area contributed by atoms with Gasteiger partial charge < -0.3 is 14.5 Å². The first kappa shape index (κ1) is 16.9. The Labute approximate surface area is 144 Å². The molecule has 0 N–H and O–H groups in total. The van der Waals surface area contributed by atoms with Gasteiger partial charge in [0.2, 0.25) is 5.95 Å². The third-order valence-electron chi connectivity index (χ3n) is 4.27. The molecule has 9 heteroatoms. The van der Waals surface area contributed by atoms with Gasteiger partial charge in [0.05, 0.1) is 18.5 Å². The van der Waals surface area contributed by atoms with Gasteiger partial charge >= 0.3 is 6.09 Å². The second kappa shape index (κ2) is 6.88. The van der Waals surface area contributed by atoms with Crippen molar-refractivity contribution in [2.24, 2.45) is 7.05 Å². The molecule has 3 rings (SSSR count). The fraction of sp³-hybridized carbons (Fsp3) is 0.438. The number of hydrogen-bond donors (Lipinski definition) is 0. The van der Waals surface area contributed by atoms with Crippen LogP contribution < -0.4 is 10.5 Å². The Kier molecular flexibility index (Phi) is 4.64. The largest absolute Gasteiger partial charge is 0.453 e. The van der Waals surface area contributed by atoms with Crippen molar-refractivity contribution in [2.45, 2.75) is 13.0 Å². The summed E-state index contributed by atoms with van der Waals surface area (Å²) in [6.45, 7) is 3.55. The normalized spacial score (nSPS) is 17.5. The maximum Gasteiger partial charge on any atom is 0.409 e. The molecule has 1 atom stereocenters. The molecule has 0 unspecified atom stereocenters. The highest BCUT2D eigenvalue weighted by atomic mass is 16.5. The van der Waals surface area contributed by atoms with E-state index in [2.05, 4.69) is 15.0 Å². The summed E-state index contributed by atoms with van der Waals surface area (Å²) in [6.07, 6.45) is 2.69. The Morgan fingerprint density at radius 3 is 2.76 bits per heavy atom. The van der Waals surface area contributed by atoms with Gasteiger partial charge in [0.1, 0.15) is 6.33 Å². The van der Waals surface area contributed by atoms with Gasteiger partial charge in [0.25, 0.3) is 5.56 Å². The van der Waals surface area contributed by atoms with E-state index in [9.17, 15) is 9.59 Å². The van der Waals surface area contributed by atoms with Gasteiger partial charge in [-0.1, -0.05) is 0 Å². The second-order valence-electron chi connectivity index (χ2n) is 5.89. The highest BCUT2D eigenvalue weighted by molar-refractivity contribution is 5.68. The van der Waals surface area contributed by atoms with Gasteiger partial charge in [-0.2, -0.15) is 0 Å². The zero-order valence-electron chi connectivity index (χ0n) is 14.4. The van der Waals surface area contributed by atoms with E-state index in [4.69, 9.17) is 4.74 Å². The van der Waals surface area contributed by atoms with Crippen molar-refractivity contribution in [2.75, 3.05) is 31.6 Å². The molecule has 1 saturated heterocycles. The topological polar surface area (TPSA) is 93.5 Å². The average molecular weight is 344 g/mol. The number of piperazine rings is 1. The molecule has 0 radical (unpaired) electrons. The molecule has 0 aliphatic carbocycles. The predicted molar refractivity (Wildman–Crippen MR) is 91.3 cm³/mol. The first-order chi connectivity index (χ1) is 12.0. The Morgan fingerprint density at radius 2 is 2.12 bits per heavy atom. The average Bonchev–Trinajstić information content (AvgIpc) is 2.64. The summed E-state index contributed by atoms with van der Waals surface area (Å²) in [7, 11) is 3.06. The maximum absolute atomic E-state index is 12.4. The van der Waals surface area contributed by atoms with E-state index in [-0.39, 0.29) is 17.7 Å². The molecule has 132 valence electrons. The lowest BCUT2D eigenvalue weighted by Gasteiger charge is -2.40. The minimum absolute atomic E-state index is 0.00778. The van der Waals surface area contributed by atoms with Crippen LogP contribution in [0.4, 0.5) is 10.7 Å². The summed E-state index contributed by atoms with van der Waals surface area (Å²) < 4.78 is 6.29. The van der Waals surface area contributed by atoms with Crippen LogP contribution in [0.5, 0.6) is 0 Å². The summed E-state index contributed by atoms with van der Waals surface area (Å²) in [5.41, 5.74) is 0.930. The number of anilines is 1. The summed E-state index contributed by atoms with van der Waals surface area (Å²) in [6, 6.07) is 3.16. The summed E-state index contributed by atoms with van der Waals surface area (Å²) >= 11 is 0. The Hall–Kier alpha value is -2.97. The standard InChI is InChI=1S/C16H20N6O3/c1-11-9-21(16(24)25-3)6-7-22(11)15-19-13(8-14(23)20(15)2)12-4-5-17-10-18-12/h4-5,8,10-11H,6-7,9H2,1-3H3/t11-/m1/s1. The summed E-state index contributed by atoms with van der Waals surface area (Å²) in [5.74, 6) is 0.554. The monoisotopic (exact) mass is 344 g/mol. The number of rotatable bonds is 2. The van der Waals surface area contributed by atoms with Crippen molar-refractivity contribution in [3.63, 3.8) is 0 Å². The first-order valence-corrected chi connectivity index (χ1v) is 7.95. The number of methoxy groups -OCH3 is 1. The summed E-state index contributed by atoms with van der Waals surface area (Å²) in [5, 5.41) is 0. The van der Waals surface area contributed by atoms with Crippen molar-refractivity contribution in [1.29, 1.82) is 0 Å². The molecule has 0 aromatic carbocycles. The van der Waals surface area contributed by atoms with Crippen molar-refractivity contribution in [3.05, 3.63) is 35.0 Å². The quantitative estimate of drug-likeness (QED) is 0.784. The van der Waals surface area contributed by atoms with Crippen molar-refractivity contribution < 1.29 is 9.53 Å². The zero-order chi connectivity index (χ0) is 18.0. The maximum atomic E-state index is 12.4. The molecule has 1 aliphatic rings. The predicted octanol–water partition coefficient (Wildman–Crippen LogP) is 0.514. The molecule has 0 bridgehead atoms. The highest BCUT2D eigenvalue weighted by Gasteiger charge is 2.29. The molecular formula is C16H20N6O3. The Bertz CT molecular complexity index is 822. The van der Waals surface area contributed by atoms with Gasteiger partial charge in [0.15, 0.2) is 0 Å². The minimum atomic E-state index is -0.344. The number of carbonyl (C=O) groups is 1. The molecule has 2 aromatic heterocycles. The van der Waals surface area contributed by atoms with Gasteiger partial charge in [-0.15, -0.1) is 0 Å². The van der Waals surface area contributed by atoms with Crippen LogP contribution in [0.2, 0.25) is 0 Å². The number of ether oxygens (including phenoxy) is 1. The third kappa shape index (κ3) is 3.30. The van der Waals surface area contributed by atoms with Gasteiger partial charge in [-0.3, -0.25) is 9.36 Å². The van der Waals surface area contributed by atoms with Crippen molar-refractivity contribution in [1.82, 2.24) is 24.4 Å². The molecule has 2 aromatic rings. The lowest BCUT2D eigenvalue weighted by atomic mass is 10.2. The van der Waals surface area contributed by atoms with Crippen LogP contribution >= 0.6 is 0 Å². The van der Waals surface area contributed by atoms with Gasteiger partial charge in [-0.25, -0.2) is 19.7 Å². The van der Waals surface area contributed by atoms with Crippen LogP contribution in [-0.2, 0) is 11.8 Å². The van der Waals surface area contributed by atoms with Crippen LogP contribution in [0.1, 0.15) is 6.92 Å². The van der Waals surface area contributed by atoms with E-state index in [1.165, 1.54) is 24.1 Å².